The van der Waals surface area contributed by atoms with Crippen molar-refractivity contribution in [1.82, 2.24) is 4.47 Å². The topological polar surface area (TPSA) is 122 Å². The Kier molecular flexibility index (Phi) is 6.94. The van der Waals surface area contributed by atoms with Gasteiger partial charge in [-0.25, -0.2) is 16.8 Å². The summed E-state index contributed by atoms with van der Waals surface area (Å²) in [7, 11) is -5.37. The van der Waals surface area contributed by atoms with Crippen molar-refractivity contribution in [3.8, 4) is 0 Å². The number of amides is 1. The molecule has 0 aliphatic heterocycles. The number of anilines is 2. The van der Waals surface area contributed by atoms with Gasteiger partial charge >= 0.3 is 0 Å². The first-order chi connectivity index (χ1) is 15.1. The second kappa shape index (κ2) is 9.49. The van der Waals surface area contributed by atoms with Crippen LogP contribution < -0.4 is 10.0 Å². The van der Waals surface area contributed by atoms with Crippen LogP contribution in [0.5, 0.6) is 0 Å². The number of carbonyl (C=O) groups is 1. The van der Waals surface area contributed by atoms with Crippen LogP contribution in [0, 0.1) is 0 Å². The molecule has 0 saturated carbocycles. The maximum Gasteiger partial charge on any atom is 0.264 e. The average Bonchev–Trinajstić information content (AvgIpc) is 2.80. The van der Waals surface area contributed by atoms with E-state index in [1.54, 1.807) is 30.3 Å². The molecule has 0 atom stereocenters. The SMILES string of the molecule is CON(C)S(=O)(=O)c1cccc(C(=O)Nc2ccccc2NS(=O)(=O)c2ccccc2)c1. The molecule has 0 heterocycles. The van der Waals surface area contributed by atoms with E-state index in [0.717, 1.165) is 0 Å². The highest BCUT2D eigenvalue weighted by Gasteiger charge is 2.22. The number of hydroxylamine groups is 1. The molecule has 32 heavy (non-hydrogen) atoms. The van der Waals surface area contributed by atoms with Gasteiger partial charge in [0.2, 0.25) is 0 Å². The lowest BCUT2D eigenvalue weighted by Gasteiger charge is -2.15. The number of nitrogens with zero attached hydrogens (tertiary/aromatic N) is 1. The van der Waals surface area contributed by atoms with Gasteiger partial charge in [0.1, 0.15) is 0 Å². The van der Waals surface area contributed by atoms with Gasteiger partial charge in [-0.1, -0.05) is 40.9 Å². The summed E-state index contributed by atoms with van der Waals surface area (Å²) in [4.78, 5) is 17.5. The van der Waals surface area contributed by atoms with Crippen LogP contribution in [0.3, 0.4) is 0 Å². The van der Waals surface area contributed by atoms with E-state index in [2.05, 4.69) is 10.0 Å². The van der Waals surface area contributed by atoms with Crippen LogP contribution in [0.1, 0.15) is 10.4 Å². The Labute approximate surface area is 186 Å². The molecular formula is C21H21N3O6S2. The lowest BCUT2D eigenvalue weighted by Crippen LogP contribution is -2.26. The molecule has 0 unspecified atom stereocenters. The van der Waals surface area contributed by atoms with Crippen LogP contribution in [0.25, 0.3) is 0 Å². The highest BCUT2D eigenvalue weighted by atomic mass is 32.2. The molecule has 168 valence electrons. The highest BCUT2D eigenvalue weighted by Crippen LogP contribution is 2.25. The summed E-state index contributed by atoms with van der Waals surface area (Å²) >= 11 is 0. The van der Waals surface area contributed by atoms with Crippen LogP contribution in [-0.2, 0) is 24.9 Å². The van der Waals surface area contributed by atoms with Crippen molar-refractivity contribution in [2.24, 2.45) is 0 Å². The number of carbonyl (C=O) groups excluding carboxylic acids is 1. The average molecular weight is 476 g/mol. The standard InChI is InChI=1S/C21H21N3O6S2/c1-24(30-2)32(28,29)18-12-8-9-16(15-18)21(25)22-19-13-6-7-14-20(19)23-31(26,27)17-10-4-3-5-11-17/h3-15,23H,1-2H3,(H,22,25). The van der Waals surface area contributed by atoms with E-state index in [0.29, 0.717) is 4.47 Å². The fraction of sp³-hybridized carbons (Fsp3) is 0.0952. The van der Waals surface area contributed by atoms with E-state index in [4.69, 9.17) is 4.84 Å². The lowest BCUT2D eigenvalue weighted by molar-refractivity contribution is -0.0258. The molecule has 0 aromatic heterocycles. The number of para-hydroxylation sites is 2. The summed E-state index contributed by atoms with van der Waals surface area (Å²) in [5, 5.41) is 2.62. The van der Waals surface area contributed by atoms with Gasteiger partial charge in [-0.15, -0.1) is 0 Å². The van der Waals surface area contributed by atoms with E-state index in [1.165, 1.54) is 62.7 Å². The van der Waals surface area contributed by atoms with Gasteiger partial charge in [0.25, 0.3) is 26.0 Å². The molecule has 0 radical (unpaired) electrons. The summed E-state index contributed by atoms with van der Waals surface area (Å²) in [6.45, 7) is 0. The van der Waals surface area contributed by atoms with E-state index >= 15 is 0 Å². The molecule has 9 nitrogen and oxygen atoms in total. The molecule has 0 bridgehead atoms. The van der Waals surface area contributed by atoms with Crippen molar-refractivity contribution in [2.45, 2.75) is 9.79 Å². The molecular weight excluding hydrogens is 454 g/mol. The van der Waals surface area contributed by atoms with Crippen LogP contribution in [0.2, 0.25) is 0 Å². The van der Waals surface area contributed by atoms with Gasteiger partial charge in [-0.05, 0) is 42.5 Å². The summed E-state index contributed by atoms with van der Waals surface area (Å²) in [5.41, 5.74) is 0.433. The maximum atomic E-state index is 12.8. The third kappa shape index (κ3) is 5.14. The molecule has 1 amide bonds. The number of sulfonamides is 2. The van der Waals surface area contributed by atoms with E-state index in [9.17, 15) is 21.6 Å². The third-order valence-electron chi connectivity index (χ3n) is 4.46. The first-order valence-corrected chi connectivity index (χ1v) is 12.2. The Morgan fingerprint density at radius 1 is 0.812 bits per heavy atom. The third-order valence-corrected chi connectivity index (χ3v) is 7.52. The Hall–Kier alpha value is -3.25. The predicted molar refractivity (Wildman–Crippen MR) is 120 cm³/mol. The van der Waals surface area contributed by atoms with Crippen molar-refractivity contribution < 1.29 is 26.5 Å². The Morgan fingerprint density at radius 3 is 2.06 bits per heavy atom. The predicted octanol–water partition coefficient (Wildman–Crippen LogP) is 2.92. The number of hydrogen-bond donors (Lipinski definition) is 2. The zero-order valence-electron chi connectivity index (χ0n) is 17.2. The van der Waals surface area contributed by atoms with Gasteiger partial charge in [0, 0.05) is 12.6 Å². The van der Waals surface area contributed by atoms with Gasteiger partial charge in [0.15, 0.2) is 0 Å². The van der Waals surface area contributed by atoms with Gasteiger partial charge in [-0.2, -0.15) is 0 Å². The minimum absolute atomic E-state index is 0.0660. The van der Waals surface area contributed by atoms with Gasteiger partial charge in [0.05, 0.1) is 28.3 Å². The molecule has 0 aliphatic carbocycles. The largest absolute Gasteiger partial charge is 0.320 e. The quantitative estimate of drug-likeness (QED) is 0.483. The maximum absolute atomic E-state index is 12.8. The zero-order chi connectivity index (χ0) is 23.4. The fourth-order valence-corrected chi connectivity index (χ4v) is 4.84. The second-order valence-electron chi connectivity index (χ2n) is 6.54. The summed E-state index contributed by atoms with van der Waals surface area (Å²) < 4.78 is 53.3. The van der Waals surface area contributed by atoms with Gasteiger partial charge in [-0.3, -0.25) is 14.4 Å². The van der Waals surface area contributed by atoms with E-state index in [1.807, 2.05) is 0 Å². The lowest BCUT2D eigenvalue weighted by atomic mass is 10.2. The normalized spacial score (nSPS) is 11.8. The molecule has 0 spiro atoms. The van der Waals surface area contributed by atoms with Gasteiger partial charge < -0.3 is 5.32 Å². The number of rotatable bonds is 8. The van der Waals surface area contributed by atoms with Crippen LogP contribution in [0.4, 0.5) is 11.4 Å². The molecule has 3 aromatic carbocycles. The monoisotopic (exact) mass is 475 g/mol. The minimum atomic E-state index is -3.94. The first kappa shape index (κ1) is 23.4. The Balaban J connectivity index is 1.87. The van der Waals surface area contributed by atoms with E-state index in [-0.39, 0.29) is 26.7 Å². The van der Waals surface area contributed by atoms with Crippen molar-refractivity contribution in [3.05, 3.63) is 84.4 Å². The van der Waals surface area contributed by atoms with E-state index < -0.39 is 26.0 Å². The van der Waals surface area contributed by atoms with Crippen molar-refractivity contribution in [1.29, 1.82) is 0 Å². The van der Waals surface area contributed by atoms with Crippen LogP contribution >= 0.6 is 0 Å². The summed E-state index contributed by atoms with van der Waals surface area (Å²) in [6, 6.07) is 19.5. The summed E-state index contributed by atoms with van der Waals surface area (Å²) in [5.74, 6) is -0.617. The summed E-state index contributed by atoms with van der Waals surface area (Å²) in [6.07, 6.45) is 0. The highest BCUT2D eigenvalue weighted by molar-refractivity contribution is 7.92. The molecule has 0 saturated heterocycles. The van der Waals surface area contributed by atoms with Crippen molar-refractivity contribution >= 4 is 37.3 Å². The smallest absolute Gasteiger partial charge is 0.264 e. The minimum Gasteiger partial charge on any atom is -0.320 e. The molecule has 2 N–H and O–H groups in total. The molecule has 3 aromatic rings. The number of nitrogens with one attached hydrogen (secondary N) is 2. The number of benzene rings is 3. The Bertz CT molecular complexity index is 1330. The first-order valence-electron chi connectivity index (χ1n) is 9.26. The molecule has 0 fully saturated rings. The van der Waals surface area contributed by atoms with Crippen LogP contribution in [-0.4, -0.2) is 41.4 Å². The molecule has 3 rings (SSSR count). The zero-order valence-corrected chi connectivity index (χ0v) is 18.9. The van der Waals surface area contributed by atoms with Crippen LogP contribution in [0.15, 0.2) is 88.7 Å². The Morgan fingerprint density at radius 2 is 1.41 bits per heavy atom. The second-order valence-corrected chi connectivity index (χ2v) is 10.2. The van der Waals surface area contributed by atoms with Crippen molar-refractivity contribution in [3.63, 3.8) is 0 Å². The number of hydrogen-bond acceptors (Lipinski definition) is 6. The molecule has 11 heteroatoms. The molecule has 0 aliphatic rings. The van der Waals surface area contributed by atoms with Crippen molar-refractivity contribution in [2.75, 3.05) is 24.2 Å². The fourth-order valence-electron chi connectivity index (χ4n) is 2.72.